The number of hydrogen-bond donors (Lipinski definition) is 1. The molecule has 1 aliphatic rings. The Labute approximate surface area is 161 Å². The zero-order chi connectivity index (χ0) is 19.9. The van der Waals surface area contributed by atoms with Crippen molar-refractivity contribution < 1.29 is 19.1 Å². The monoisotopic (exact) mass is 386 g/mol. The van der Waals surface area contributed by atoms with Crippen LogP contribution in [0.3, 0.4) is 0 Å². The van der Waals surface area contributed by atoms with Gasteiger partial charge in [0.1, 0.15) is 11.5 Å². The minimum atomic E-state index is -0.369. The van der Waals surface area contributed by atoms with Crippen LogP contribution in [0, 0.1) is 0 Å². The van der Waals surface area contributed by atoms with E-state index in [4.69, 9.17) is 9.47 Å². The number of ether oxygens (including phenoxy) is 2. The van der Waals surface area contributed by atoms with E-state index in [0.717, 1.165) is 25.5 Å². The van der Waals surface area contributed by atoms with Crippen molar-refractivity contribution in [2.75, 3.05) is 19.8 Å². The largest absolute Gasteiger partial charge is 0.461 e. The molecule has 1 N–H and O–H groups in total. The maximum absolute atomic E-state index is 11.5. The molecule has 0 aromatic carbocycles. The molecule has 0 radical (unpaired) electrons. The van der Waals surface area contributed by atoms with Gasteiger partial charge in [-0.3, -0.25) is 9.38 Å². The molecule has 0 spiro atoms. The standard InChI is InChI=1S/C9H13N3O2.C9H9N3O2/c2*1-2-14-9(13)7-5-11-8-6-10-3-4-12(7)8/h5,10H,2-4,6H2,1H3;3-6H,2H2,1H3. The molecule has 0 saturated heterocycles. The third-order valence-electron chi connectivity index (χ3n) is 4.02. The van der Waals surface area contributed by atoms with Gasteiger partial charge in [-0.05, 0) is 13.8 Å². The molecular formula is C18H22N6O4. The van der Waals surface area contributed by atoms with Crippen molar-refractivity contribution >= 4 is 17.6 Å². The molecule has 4 rings (SSSR count). The summed E-state index contributed by atoms with van der Waals surface area (Å²) >= 11 is 0. The summed E-state index contributed by atoms with van der Waals surface area (Å²) in [6.07, 6.45) is 7.92. The fourth-order valence-electron chi connectivity index (χ4n) is 2.76. The molecule has 1 aliphatic heterocycles. The third-order valence-corrected chi connectivity index (χ3v) is 4.02. The highest BCUT2D eigenvalue weighted by Gasteiger charge is 2.19. The average Bonchev–Trinajstić information content (AvgIpc) is 3.33. The summed E-state index contributed by atoms with van der Waals surface area (Å²) < 4.78 is 13.4. The Morgan fingerprint density at radius 1 is 1.07 bits per heavy atom. The molecule has 10 heteroatoms. The van der Waals surface area contributed by atoms with Crippen LogP contribution in [-0.2, 0) is 22.6 Å². The molecule has 0 saturated carbocycles. The summed E-state index contributed by atoms with van der Waals surface area (Å²) in [5.74, 6) is 0.249. The van der Waals surface area contributed by atoms with Crippen molar-refractivity contribution in [1.82, 2.24) is 29.2 Å². The lowest BCUT2D eigenvalue weighted by Gasteiger charge is -2.16. The molecule has 0 bridgehead atoms. The minimum absolute atomic E-state index is 0.284. The zero-order valence-corrected chi connectivity index (χ0v) is 15.8. The van der Waals surface area contributed by atoms with Gasteiger partial charge in [0.25, 0.3) is 0 Å². The SMILES string of the molecule is CCOC(=O)c1cnc2cnccn12.CCOC(=O)c1cnc2n1CCNC2. The number of fused-ring (bicyclic) bond motifs is 2. The van der Waals surface area contributed by atoms with Crippen molar-refractivity contribution in [3.05, 3.63) is 48.2 Å². The zero-order valence-electron chi connectivity index (χ0n) is 15.8. The lowest BCUT2D eigenvalue weighted by molar-refractivity contribution is 0.0505. The summed E-state index contributed by atoms with van der Waals surface area (Å²) in [4.78, 5) is 35.0. The van der Waals surface area contributed by atoms with Crippen LogP contribution < -0.4 is 5.32 Å². The van der Waals surface area contributed by atoms with Gasteiger partial charge in [0.05, 0.1) is 38.3 Å². The van der Waals surface area contributed by atoms with E-state index in [1.165, 1.54) is 6.20 Å². The predicted octanol–water partition coefficient (Wildman–Crippen LogP) is 1.07. The van der Waals surface area contributed by atoms with Crippen molar-refractivity contribution in [2.24, 2.45) is 0 Å². The molecule has 0 amide bonds. The second-order valence-electron chi connectivity index (χ2n) is 5.78. The van der Waals surface area contributed by atoms with Crippen LogP contribution in [0.2, 0.25) is 0 Å². The van der Waals surface area contributed by atoms with E-state index < -0.39 is 0 Å². The molecule has 0 atom stereocenters. The van der Waals surface area contributed by atoms with Gasteiger partial charge in [0, 0.05) is 25.5 Å². The van der Waals surface area contributed by atoms with Crippen LogP contribution >= 0.6 is 0 Å². The van der Waals surface area contributed by atoms with Gasteiger partial charge in [0.15, 0.2) is 11.3 Å². The second kappa shape index (κ2) is 9.09. The molecule has 10 nitrogen and oxygen atoms in total. The average molecular weight is 386 g/mol. The van der Waals surface area contributed by atoms with Gasteiger partial charge in [-0.25, -0.2) is 19.6 Å². The first-order valence-electron chi connectivity index (χ1n) is 9.02. The summed E-state index contributed by atoms with van der Waals surface area (Å²) in [6, 6.07) is 0. The van der Waals surface area contributed by atoms with Gasteiger partial charge in [-0.1, -0.05) is 0 Å². The lowest BCUT2D eigenvalue weighted by Crippen LogP contribution is -2.30. The van der Waals surface area contributed by atoms with E-state index in [1.807, 2.05) is 4.57 Å². The second-order valence-corrected chi connectivity index (χ2v) is 5.78. The summed E-state index contributed by atoms with van der Waals surface area (Å²) in [7, 11) is 0. The van der Waals surface area contributed by atoms with Crippen LogP contribution in [0.15, 0.2) is 31.0 Å². The Balaban J connectivity index is 0.000000161. The van der Waals surface area contributed by atoms with Gasteiger partial charge >= 0.3 is 11.9 Å². The Bertz CT molecular complexity index is 964. The predicted molar refractivity (Wildman–Crippen MR) is 98.8 cm³/mol. The fourth-order valence-corrected chi connectivity index (χ4v) is 2.76. The third kappa shape index (κ3) is 4.17. The number of rotatable bonds is 4. The van der Waals surface area contributed by atoms with Gasteiger partial charge in [0.2, 0.25) is 0 Å². The normalized spacial score (nSPS) is 12.6. The number of aromatic nitrogens is 5. The first-order valence-corrected chi connectivity index (χ1v) is 9.02. The number of nitrogens with one attached hydrogen (secondary N) is 1. The highest BCUT2D eigenvalue weighted by molar-refractivity contribution is 5.88. The number of nitrogens with zero attached hydrogens (tertiary/aromatic N) is 5. The van der Waals surface area contributed by atoms with Crippen LogP contribution in [0.4, 0.5) is 0 Å². The quantitative estimate of drug-likeness (QED) is 0.663. The molecule has 0 unspecified atom stereocenters. The van der Waals surface area contributed by atoms with Crippen LogP contribution in [0.25, 0.3) is 5.65 Å². The van der Waals surface area contributed by atoms with Gasteiger partial charge in [-0.15, -0.1) is 0 Å². The molecule has 28 heavy (non-hydrogen) atoms. The molecule has 148 valence electrons. The van der Waals surface area contributed by atoms with Crippen LogP contribution in [0.5, 0.6) is 0 Å². The molecular weight excluding hydrogens is 364 g/mol. The topological polar surface area (TPSA) is 113 Å². The van der Waals surface area contributed by atoms with E-state index in [2.05, 4.69) is 20.3 Å². The Kier molecular flexibility index (Phi) is 6.33. The molecule has 3 aromatic heterocycles. The first-order chi connectivity index (χ1) is 13.7. The smallest absolute Gasteiger partial charge is 0.356 e. The number of carbonyl (C=O) groups is 2. The maximum atomic E-state index is 11.5. The fraction of sp³-hybridized carbons (Fsp3) is 0.389. The number of carbonyl (C=O) groups excluding carboxylic acids is 2. The van der Waals surface area contributed by atoms with Crippen molar-refractivity contribution in [2.45, 2.75) is 26.9 Å². The number of esters is 2. The van der Waals surface area contributed by atoms with E-state index >= 15 is 0 Å². The summed E-state index contributed by atoms with van der Waals surface area (Å²) in [5.41, 5.74) is 1.61. The van der Waals surface area contributed by atoms with Crippen molar-refractivity contribution in [3.63, 3.8) is 0 Å². The van der Waals surface area contributed by atoms with E-state index in [9.17, 15) is 9.59 Å². The molecule has 0 fully saturated rings. The Hall–Kier alpha value is -3.27. The summed E-state index contributed by atoms with van der Waals surface area (Å²) in [6.45, 7) is 6.70. The van der Waals surface area contributed by atoms with Crippen molar-refractivity contribution in [3.8, 4) is 0 Å². The Morgan fingerprint density at radius 3 is 2.54 bits per heavy atom. The summed E-state index contributed by atoms with van der Waals surface area (Å²) in [5, 5.41) is 3.19. The van der Waals surface area contributed by atoms with E-state index in [1.54, 1.807) is 43.0 Å². The van der Waals surface area contributed by atoms with E-state index in [-0.39, 0.29) is 11.9 Å². The molecule has 3 aromatic rings. The maximum Gasteiger partial charge on any atom is 0.356 e. The van der Waals surface area contributed by atoms with Crippen LogP contribution in [0.1, 0.15) is 40.6 Å². The van der Waals surface area contributed by atoms with Gasteiger partial charge in [-0.2, -0.15) is 0 Å². The first kappa shape index (κ1) is 19.5. The highest BCUT2D eigenvalue weighted by Crippen LogP contribution is 2.10. The van der Waals surface area contributed by atoms with Crippen LogP contribution in [-0.4, -0.2) is 55.6 Å². The molecule has 4 heterocycles. The Morgan fingerprint density at radius 2 is 1.79 bits per heavy atom. The number of hydrogen-bond acceptors (Lipinski definition) is 8. The minimum Gasteiger partial charge on any atom is -0.461 e. The highest BCUT2D eigenvalue weighted by atomic mass is 16.5. The lowest BCUT2D eigenvalue weighted by atomic mass is 10.4. The number of imidazole rings is 2. The molecule has 0 aliphatic carbocycles. The van der Waals surface area contributed by atoms with E-state index in [0.29, 0.717) is 30.2 Å². The van der Waals surface area contributed by atoms with Crippen molar-refractivity contribution in [1.29, 1.82) is 0 Å². The van der Waals surface area contributed by atoms with Gasteiger partial charge < -0.3 is 19.4 Å².